The summed E-state index contributed by atoms with van der Waals surface area (Å²) >= 11 is 0. The molecule has 1 atom stereocenters. The predicted octanol–water partition coefficient (Wildman–Crippen LogP) is 3.22. The predicted molar refractivity (Wildman–Crippen MR) is 65.9 cm³/mol. The maximum Gasteiger partial charge on any atom is 0.101 e. The Hall–Kier alpha value is -1.56. The van der Waals surface area contributed by atoms with Gasteiger partial charge in [0.2, 0.25) is 0 Å². The Bertz CT molecular complexity index is 379. The Morgan fingerprint density at radius 1 is 1.50 bits per heavy atom. The lowest BCUT2D eigenvalue weighted by atomic mass is 9.97. The molecule has 0 saturated carbocycles. The fraction of sp³-hybridized carbons (Fsp3) is 0.538. The van der Waals surface area contributed by atoms with Crippen molar-refractivity contribution in [1.82, 2.24) is 4.98 Å². The van der Waals surface area contributed by atoms with Gasteiger partial charge in [-0.2, -0.15) is 5.26 Å². The molecule has 1 heterocycles. The molecule has 3 heteroatoms. The zero-order valence-electron chi connectivity index (χ0n) is 10.0. The van der Waals surface area contributed by atoms with Crippen molar-refractivity contribution in [1.29, 1.82) is 5.26 Å². The zero-order chi connectivity index (χ0) is 12.0. The highest BCUT2D eigenvalue weighted by Crippen LogP contribution is 2.26. The minimum absolute atomic E-state index is 0.333. The molecule has 0 aromatic carbocycles. The summed E-state index contributed by atoms with van der Waals surface area (Å²) in [5.41, 5.74) is 7.87. The molecule has 0 bridgehead atoms. The van der Waals surface area contributed by atoms with Gasteiger partial charge in [0.15, 0.2) is 0 Å². The molecule has 0 aliphatic carbocycles. The first-order valence-electron chi connectivity index (χ1n) is 5.85. The van der Waals surface area contributed by atoms with Crippen LogP contribution in [0.25, 0.3) is 0 Å². The van der Waals surface area contributed by atoms with Crippen molar-refractivity contribution in [2.24, 2.45) is 0 Å². The van der Waals surface area contributed by atoms with Crippen molar-refractivity contribution in [3.05, 3.63) is 23.5 Å². The summed E-state index contributed by atoms with van der Waals surface area (Å²) in [4.78, 5) is 4.29. The smallest absolute Gasteiger partial charge is 0.101 e. The van der Waals surface area contributed by atoms with Gasteiger partial charge in [-0.05, 0) is 12.5 Å². The maximum atomic E-state index is 8.88. The average Bonchev–Trinajstić information content (AvgIpc) is 2.29. The maximum absolute atomic E-state index is 8.88. The minimum Gasteiger partial charge on any atom is -0.396 e. The van der Waals surface area contributed by atoms with Crippen LogP contribution in [0.4, 0.5) is 5.69 Å². The number of nitrogens with zero attached hydrogens (tertiary/aromatic N) is 2. The summed E-state index contributed by atoms with van der Waals surface area (Å²) in [6, 6.07) is 3.76. The molecule has 1 rings (SSSR count). The highest BCUT2D eigenvalue weighted by Gasteiger charge is 2.12. The third-order valence-electron chi connectivity index (χ3n) is 2.85. The molecule has 16 heavy (non-hydrogen) atoms. The molecule has 0 aliphatic rings. The van der Waals surface area contributed by atoms with E-state index < -0.39 is 0 Å². The molecule has 2 N–H and O–H groups in total. The van der Waals surface area contributed by atoms with E-state index in [-0.39, 0.29) is 0 Å². The van der Waals surface area contributed by atoms with Crippen LogP contribution < -0.4 is 5.73 Å². The van der Waals surface area contributed by atoms with E-state index in [2.05, 4.69) is 24.9 Å². The van der Waals surface area contributed by atoms with Gasteiger partial charge in [-0.25, -0.2) is 0 Å². The number of nitrogens with two attached hydrogens (primary N) is 1. The number of pyridine rings is 1. The first-order chi connectivity index (χ1) is 7.70. The van der Waals surface area contributed by atoms with Crippen LogP contribution in [0.2, 0.25) is 0 Å². The largest absolute Gasteiger partial charge is 0.396 e. The van der Waals surface area contributed by atoms with Gasteiger partial charge >= 0.3 is 0 Å². The number of nitrogen functional groups attached to an aromatic ring is 1. The van der Waals surface area contributed by atoms with Gasteiger partial charge < -0.3 is 5.73 Å². The molecule has 0 radical (unpaired) electrons. The monoisotopic (exact) mass is 217 g/mol. The second-order valence-corrected chi connectivity index (χ2v) is 4.17. The van der Waals surface area contributed by atoms with Crippen molar-refractivity contribution >= 4 is 5.69 Å². The highest BCUT2D eigenvalue weighted by atomic mass is 14.7. The van der Waals surface area contributed by atoms with Crippen molar-refractivity contribution < 1.29 is 0 Å². The van der Waals surface area contributed by atoms with Crippen LogP contribution in [-0.2, 0) is 0 Å². The van der Waals surface area contributed by atoms with E-state index >= 15 is 0 Å². The molecule has 1 aromatic heterocycles. The molecule has 0 fully saturated rings. The second kappa shape index (κ2) is 6.12. The number of nitriles is 1. The number of unbranched alkanes of at least 4 members (excludes halogenated alkanes) is 2. The highest BCUT2D eigenvalue weighted by molar-refractivity contribution is 5.57. The number of anilines is 1. The number of rotatable bonds is 5. The molecule has 0 saturated heterocycles. The van der Waals surface area contributed by atoms with Gasteiger partial charge in [-0.3, -0.25) is 4.98 Å². The summed E-state index contributed by atoms with van der Waals surface area (Å²) in [5.74, 6) is 0.333. The zero-order valence-corrected chi connectivity index (χ0v) is 10.0. The fourth-order valence-electron chi connectivity index (χ4n) is 1.82. The van der Waals surface area contributed by atoms with Gasteiger partial charge in [-0.1, -0.05) is 33.1 Å². The third kappa shape index (κ3) is 2.96. The van der Waals surface area contributed by atoms with Crippen molar-refractivity contribution in [3.63, 3.8) is 0 Å². The quantitative estimate of drug-likeness (QED) is 0.770. The lowest BCUT2D eigenvalue weighted by Crippen LogP contribution is -2.04. The summed E-state index contributed by atoms with van der Waals surface area (Å²) in [5, 5.41) is 8.88. The van der Waals surface area contributed by atoms with Gasteiger partial charge in [0.05, 0.1) is 16.9 Å². The first kappa shape index (κ1) is 12.5. The molecule has 3 nitrogen and oxygen atoms in total. The van der Waals surface area contributed by atoms with Crippen molar-refractivity contribution in [3.8, 4) is 6.07 Å². The molecule has 0 aliphatic heterocycles. The molecule has 1 unspecified atom stereocenters. The first-order valence-corrected chi connectivity index (χ1v) is 5.85. The van der Waals surface area contributed by atoms with Crippen molar-refractivity contribution in [2.75, 3.05) is 5.73 Å². The summed E-state index contributed by atoms with van der Waals surface area (Å²) in [6.07, 6.45) is 6.39. The van der Waals surface area contributed by atoms with Crippen LogP contribution in [0.15, 0.2) is 12.3 Å². The molecular formula is C13H19N3. The topological polar surface area (TPSA) is 62.7 Å². The van der Waals surface area contributed by atoms with Crippen molar-refractivity contribution in [2.45, 2.75) is 45.4 Å². The van der Waals surface area contributed by atoms with Crippen LogP contribution in [0.5, 0.6) is 0 Å². The Morgan fingerprint density at radius 3 is 2.88 bits per heavy atom. The van der Waals surface area contributed by atoms with E-state index in [0.29, 0.717) is 17.2 Å². The van der Waals surface area contributed by atoms with Gasteiger partial charge in [-0.15, -0.1) is 0 Å². The fourth-order valence-corrected chi connectivity index (χ4v) is 1.82. The van der Waals surface area contributed by atoms with Crippen LogP contribution in [0.1, 0.15) is 56.7 Å². The van der Waals surface area contributed by atoms with Crippen LogP contribution in [0, 0.1) is 11.3 Å². The normalized spacial score (nSPS) is 12.1. The third-order valence-corrected chi connectivity index (χ3v) is 2.85. The van der Waals surface area contributed by atoms with E-state index in [1.54, 1.807) is 12.3 Å². The number of hydrogen-bond donors (Lipinski definition) is 1. The van der Waals surface area contributed by atoms with E-state index in [1.807, 2.05) is 0 Å². The van der Waals surface area contributed by atoms with E-state index in [4.69, 9.17) is 11.0 Å². The molecule has 0 spiro atoms. The Morgan fingerprint density at radius 2 is 2.25 bits per heavy atom. The van der Waals surface area contributed by atoms with E-state index in [1.165, 1.54) is 19.3 Å². The Labute approximate surface area is 97.3 Å². The summed E-state index contributed by atoms with van der Waals surface area (Å²) in [6.45, 7) is 4.31. The van der Waals surface area contributed by atoms with Gasteiger partial charge in [0.1, 0.15) is 6.07 Å². The molecule has 86 valence electrons. The minimum atomic E-state index is 0.333. The molecule has 0 amide bonds. The standard InChI is InChI=1S/C13H19N3/c1-3-4-5-6-10(2)13-12(15)11(9-14)7-8-16-13/h7-8,10H,3-6,15H2,1-2H3. The lowest BCUT2D eigenvalue weighted by molar-refractivity contribution is 0.589. The molecule has 1 aromatic rings. The van der Waals surface area contributed by atoms with Gasteiger partial charge in [0.25, 0.3) is 0 Å². The van der Waals surface area contributed by atoms with Gasteiger partial charge in [0, 0.05) is 12.1 Å². The number of aromatic nitrogens is 1. The average molecular weight is 217 g/mol. The Kier molecular flexibility index (Phi) is 4.78. The second-order valence-electron chi connectivity index (χ2n) is 4.17. The van der Waals surface area contributed by atoms with Crippen LogP contribution >= 0.6 is 0 Å². The molecular weight excluding hydrogens is 198 g/mol. The van der Waals surface area contributed by atoms with Crippen LogP contribution in [0.3, 0.4) is 0 Å². The lowest BCUT2D eigenvalue weighted by Gasteiger charge is -2.13. The van der Waals surface area contributed by atoms with Crippen LogP contribution in [-0.4, -0.2) is 4.98 Å². The summed E-state index contributed by atoms with van der Waals surface area (Å²) in [7, 11) is 0. The SMILES string of the molecule is CCCCCC(C)c1nccc(C#N)c1N. The number of hydrogen-bond acceptors (Lipinski definition) is 3. The van der Waals surface area contributed by atoms with E-state index in [0.717, 1.165) is 12.1 Å². The van der Waals surface area contributed by atoms with E-state index in [9.17, 15) is 0 Å². The summed E-state index contributed by atoms with van der Waals surface area (Å²) < 4.78 is 0. The Balaban J connectivity index is 2.76.